The summed E-state index contributed by atoms with van der Waals surface area (Å²) in [6, 6.07) is 10.1. The molecule has 3 atom stereocenters. The first kappa shape index (κ1) is 14.0. The van der Waals surface area contributed by atoms with Crippen LogP contribution in [0.3, 0.4) is 0 Å². The largest absolute Gasteiger partial charge is 0.391 e. The minimum absolute atomic E-state index is 0.0854. The van der Waals surface area contributed by atoms with Gasteiger partial charge in [-0.15, -0.1) is 0 Å². The van der Waals surface area contributed by atoms with E-state index in [9.17, 15) is 9.90 Å². The van der Waals surface area contributed by atoms with Gasteiger partial charge in [-0.3, -0.25) is 9.69 Å². The Morgan fingerprint density at radius 2 is 2.05 bits per heavy atom. The van der Waals surface area contributed by atoms with E-state index in [-0.39, 0.29) is 17.9 Å². The molecule has 1 aliphatic heterocycles. The van der Waals surface area contributed by atoms with Crippen molar-refractivity contribution in [1.29, 1.82) is 0 Å². The summed E-state index contributed by atoms with van der Waals surface area (Å²) in [6.45, 7) is 5.92. The van der Waals surface area contributed by atoms with Crippen LogP contribution in [0.25, 0.3) is 0 Å². The Labute approximate surface area is 114 Å². The van der Waals surface area contributed by atoms with Crippen molar-refractivity contribution < 1.29 is 9.90 Å². The SMILES string of the molecule is CC(=O)N[C@H]1CN(Cc2ccccc2)C[C@@H](C)[C@@H]1O. The number of likely N-dealkylation sites (tertiary alicyclic amines) is 1. The van der Waals surface area contributed by atoms with Crippen LogP contribution in [0.5, 0.6) is 0 Å². The van der Waals surface area contributed by atoms with Gasteiger partial charge in [-0.25, -0.2) is 0 Å². The van der Waals surface area contributed by atoms with Crippen LogP contribution < -0.4 is 5.32 Å². The highest BCUT2D eigenvalue weighted by atomic mass is 16.3. The van der Waals surface area contributed by atoms with E-state index in [1.54, 1.807) is 0 Å². The molecule has 4 heteroatoms. The zero-order valence-electron chi connectivity index (χ0n) is 11.5. The van der Waals surface area contributed by atoms with Crippen molar-refractivity contribution in [2.24, 2.45) is 5.92 Å². The number of hydrogen-bond donors (Lipinski definition) is 2. The Bertz CT molecular complexity index is 421. The number of rotatable bonds is 3. The number of benzene rings is 1. The predicted molar refractivity (Wildman–Crippen MR) is 74.5 cm³/mol. The van der Waals surface area contributed by atoms with Gasteiger partial charge in [-0.2, -0.15) is 0 Å². The Kier molecular flexibility index (Phi) is 4.56. The fourth-order valence-electron chi connectivity index (χ4n) is 2.74. The highest BCUT2D eigenvalue weighted by molar-refractivity contribution is 5.73. The molecule has 1 aliphatic rings. The molecule has 1 amide bonds. The lowest BCUT2D eigenvalue weighted by Crippen LogP contribution is -2.57. The topological polar surface area (TPSA) is 52.6 Å². The van der Waals surface area contributed by atoms with Crippen molar-refractivity contribution >= 4 is 5.91 Å². The van der Waals surface area contributed by atoms with Crippen LogP contribution in [0.4, 0.5) is 0 Å². The maximum atomic E-state index is 11.2. The molecule has 0 aliphatic carbocycles. The van der Waals surface area contributed by atoms with Crippen molar-refractivity contribution in [3.05, 3.63) is 35.9 Å². The second kappa shape index (κ2) is 6.17. The van der Waals surface area contributed by atoms with E-state index in [0.717, 1.165) is 13.1 Å². The normalized spacial score (nSPS) is 28.1. The molecule has 4 nitrogen and oxygen atoms in total. The van der Waals surface area contributed by atoms with E-state index in [1.165, 1.54) is 12.5 Å². The van der Waals surface area contributed by atoms with Crippen molar-refractivity contribution in [2.75, 3.05) is 13.1 Å². The average molecular weight is 262 g/mol. The fourth-order valence-corrected chi connectivity index (χ4v) is 2.74. The number of carbonyl (C=O) groups is 1. The third-order valence-corrected chi connectivity index (χ3v) is 3.63. The molecule has 19 heavy (non-hydrogen) atoms. The van der Waals surface area contributed by atoms with Gasteiger partial charge in [0.25, 0.3) is 0 Å². The summed E-state index contributed by atoms with van der Waals surface area (Å²) in [5.41, 5.74) is 1.26. The lowest BCUT2D eigenvalue weighted by atomic mass is 9.92. The number of piperidine rings is 1. The van der Waals surface area contributed by atoms with Gasteiger partial charge in [0.2, 0.25) is 5.91 Å². The smallest absolute Gasteiger partial charge is 0.217 e. The number of aliphatic hydroxyl groups excluding tert-OH is 1. The van der Waals surface area contributed by atoms with Crippen LogP contribution in [0.15, 0.2) is 30.3 Å². The second-order valence-electron chi connectivity index (χ2n) is 5.45. The van der Waals surface area contributed by atoms with Crippen molar-refractivity contribution in [3.63, 3.8) is 0 Å². The number of aliphatic hydroxyl groups is 1. The molecule has 2 N–H and O–H groups in total. The summed E-state index contributed by atoms with van der Waals surface area (Å²) >= 11 is 0. The summed E-state index contributed by atoms with van der Waals surface area (Å²) in [5.74, 6) is 0.0760. The Morgan fingerprint density at radius 3 is 2.68 bits per heavy atom. The van der Waals surface area contributed by atoms with Gasteiger partial charge >= 0.3 is 0 Å². The molecule has 2 rings (SSSR count). The number of nitrogens with zero attached hydrogens (tertiary/aromatic N) is 1. The zero-order chi connectivity index (χ0) is 13.8. The molecule has 0 spiro atoms. The van der Waals surface area contributed by atoms with E-state index in [1.807, 2.05) is 25.1 Å². The van der Waals surface area contributed by atoms with Crippen LogP contribution >= 0.6 is 0 Å². The van der Waals surface area contributed by atoms with Crippen LogP contribution in [-0.4, -0.2) is 41.1 Å². The van der Waals surface area contributed by atoms with Gasteiger partial charge in [-0.05, 0) is 11.5 Å². The zero-order valence-corrected chi connectivity index (χ0v) is 11.5. The summed E-state index contributed by atoms with van der Waals surface area (Å²) in [4.78, 5) is 13.5. The molecule has 0 unspecified atom stereocenters. The summed E-state index contributed by atoms with van der Waals surface area (Å²) in [6.07, 6.45) is -0.462. The quantitative estimate of drug-likeness (QED) is 0.854. The molecular formula is C15H22N2O2. The van der Waals surface area contributed by atoms with Crippen LogP contribution in [0.2, 0.25) is 0 Å². The lowest BCUT2D eigenvalue weighted by Gasteiger charge is -2.40. The Morgan fingerprint density at radius 1 is 1.37 bits per heavy atom. The van der Waals surface area contributed by atoms with Crippen LogP contribution in [-0.2, 0) is 11.3 Å². The van der Waals surface area contributed by atoms with E-state index in [2.05, 4.69) is 22.3 Å². The van der Waals surface area contributed by atoms with E-state index in [4.69, 9.17) is 0 Å². The Hall–Kier alpha value is -1.39. The van der Waals surface area contributed by atoms with Crippen LogP contribution in [0, 0.1) is 5.92 Å². The Balaban J connectivity index is 2.00. The number of carbonyl (C=O) groups excluding carboxylic acids is 1. The van der Waals surface area contributed by atoms with Crippen molar-refractivity contribution in [3.8, 4) is 0 Å². The van der Waals surface area contributed by atoms with E-state index < -0.39 is 6.10 Å². The second-order valence-corrected chi connectivity index (χ2v) is 5.45. The van der Waals surface area contributed by atoms with Crippen molar-refractivity contribution in [2.45, 2.75) is 32.5 Å². The highest BCUT2D eigenvalue weighted by Gasteiger charge is 2.33. The molecule has 104 valence electrons. The molecule has 1 aromatic rings. The van der Waals surface area contributed by atoms with Gasteiger partial charge in [-0.1, -0.05) is 37.3 Å². The summed E-state index contributed by atoms with van der Waals surface area (Å²) in [5, 5.41) is 13.0. The van der Waals surface area contributed by atoms with Gasteiger partial charge in [0.15, 0.2) is 0 Å². The predicted octanol–water partition coefficient (Wildman–Crippen LogP) is 1.00. The fraction of sp³-hybridized carbons (Fsp3) is 0.533. The van der Waals surface area contributed by atoms with Gasteiger partial charge in [0.1, 0.15) is 0 Å². The first-order chi connectivity index (χ1) is 9.06. The monoisotopic (exact) mass is 262 g/mol. The van der Waals surface area contributed by atoms with Crippen molar-refractivity contribution in [1.82, 2.24) is 10.2 Å². The molecule has 1 aromatic carbocycles. The first-order valence-electron chi connectivity index (χ1n) is 6.77. The van der Waals surface area contributed by atoms with Gasteiger partial charge < -0.3 is 10.4 Å². The minimum atomic E-state index is -0.462. The average Bonchev–Trinajstić information content (AvgIpc) is 2.36. The van der Waals surface area contributed by atoms with Crippen LogP contribution in [0.1, 0.15) is 19.4 Å². The lowest BCUT2D eigenvalue weighted by molar-refractivity contribution is -0.121. The number of amides is 1. The number of hydrogen-bond acceptors (Lipinski definition) is 3. The third-order valence-electron chi connectivity index (χ3n) is 3.63. The molecule has 0 aromatic heterocycles. The van der Waals surface area contributed by atoms with E-state index >= 15 is 0 Å². The summed E-state index contributed by atoms with van der Waals surface area (Å²) < 4.78 is 0. The van der Waals surface area contributed by atoms with Gasteiger partial charge in [0.05, 0.1) is 12.1 Å². The molecule has 0 radical (unpaired) electrons. The standard InChI is InChI=1S/C15H22N2O2/c1-11-8-17(9-13-6-4-3-5-7-13)10-14(15(11)19)16-12(2)18/h3-7,11,14-15,19H,8-10H2,1-2H3,(H,16,18)/t11-,14+,15+/m1/s1. The molecule has 0 saturated carbocycles. The molecule has 1 fully saturated rings. The first-order valence-corrected chi connectivity index (χ1v) is 6.77. The maximum absolute atomic E-state index is 11.2. The number of nitrogens with one attached hydrogen (secondary N) is 1. The minimum Gasteiger partial charge on any atom is -0.391 e. The van der Waals surface area contributed by atoms with E-state index in [0.29, 0.717) is 6.54 Å². The summed E-state index contributed by atoms with van der Waals surface area (Å²) in [7, 11) is 0. The molecule has 1 saturated heterocycles. The highest BCUT2D eigenvalue weighted by Crippen LogP contribution is 2.19. The molecule has 1 heterocycles. The van der Waals surface area contributed by atoms with Gasteiger partial charge in [0, 0.05) is 26.6 Å². The third kappa shape index (κ3) is 3.78. The molecular weight excluding hydrogens is 240 g/mol. The maximum Gasteiger partial charge on any atom is 0.217 e. The molecule has 0 bridgehead atoms.